The van der Waals surface area contributed by atoms with Crippen molar-refractivity contribution in [1.82, 2.24) is 4.98 Å². The molecule has 0 atom stereocenters. The van der Waals surface area contributed by atoms with Crippen LogP contribution in [0.3, 0.4) is 0 Å². The number of fused-ring (bicyclic) bond motifs is 1. The molecule has 0 saturated carbocycles. The van der Waals surface area contributed by atoms with Crippen molar-refractivity contribution in [2.45, 2.75) is 15.0 Å². The Morgan fingerprint density at radius 2 is 2.05 bits per heavy atom. The normalized spacial score (nSPS) is 11.0. The first-order valence-electron chi connectivity index (χ1n) is 6.49. The molecule has 1 aromatic heterocycles. The van der Waals surface area contributed by atoms with E-state index in [1.54, 1.807) is 42.0 Å². The summed E-state index contributed by atoms with van der Waals surface area (Å²) in [7, 11) is 1.72. The highest BCUT2D eigenvalue weighted by atomic mass is 32.2. The number of nitrogens with zero attached hydrogens (tertiary/aromatic N) is 1. The van der Waals surface area contributed by atoms with Gasteiger partial charge in [-0.3, -0.25) is 0 Å². The fourth-order valence-electron chi connectivity index (χ4n) is 2.03. The minimum Gasteiger partial charge on any atom is -0.496 e. The quantitative estimate of drug-likeness (QED) is 0.589. The van der Waals surface area contributed by atoms with Gasteiger partial charge in [0.05, 0.1) is 17.3 Å². The second-order valence-corrected chi connectivity index (χ2v) is 7.53. The lowest BCUT2D eigenvalue weighted by Gasteiger charge is -2.08. The summed E-state index contributed by atoms with van der Waals surface area (Å²) in [5.41, 5.74) is 2.34. The Balaban J connectivity index is 1.75. The zero-order valence-electron chi connectivity index (χ0n) is 11.8. The summed E-state index contributed by atoms with van der Waals surface area (Å²) in [6.07, 6.45) is 2.06. The first kappa shape index (κ1) is 14.8. The van der Waals surface area contributed by atoms with Gasteiger partial charge in [0.25, 0.3) is 0 Å². The fourth-order valence-corrected chi connectivity index (χ4v) is 4.59. The molecule has 108 valence electrons. The van der Waals surface area contributed by atoms with Crippen molar-refractivity contribution in [2.75, 3.05) is 13.4 Å². The number of hydrogen-bond acceptors (Lipinski definition) is 5. The number of benzene rings is 2. The van der Waals surface area contributed by atoms with Crippen LogP contribution in [-0.2, 0) is 5.75 Å². The van der Waals surface area contributed by atoms with Crippen molar-refractivity contribution in [3.05, 3.63) is 48.0 Å². The van der Waals surface area contributed by atoms with E-state index in [9.17, 15) is 0 Å². The molecular formula is C16H15NOS3. The van der Waals surface area contributed by atoms with Crippen molar-refractivity contribution in [2.24, 2.45) is 0 Å². The van der Waals surface area contributed by atoms with Crippen LogP contribution < -0.4 is 4.74 Å². The average molecular weight is 334 g/mol. The summed E-state index contributed by atoms with van der Waals surface area (Å²) >= 11 is 5.23. The van der Waals surface area contributed by atoms with Crippen LogP contribution in [0.1, 0.15) is 5.56 Å². The molecule has 0 aliphatic rings. The highest BCUT2D eigenvalue weighted by Gasteiger charge is 2.07. The summed E-state index contributed by atoms with van der Waals surface area (Å²) in [5.74, 6) is 1.86. The third-order valence-electron chi connectivity index (χ3n) is 3.08. The second-order valence-electron chi connectivity index (χ2n) is 4.43. The van der Waals surface area contributed by atoms with E-state index in [2.05, 4.69) is 47.6 Å². The molecule has 2 nitrogen and oxygen atoms in total. The molecule has 5 heteroatoms. The van der Waals surface area contributed by atoms with E-state index >= 15 is 0 Å². The average Bonchev–Trinajstić information content (AvgIpc) is 2.95. The van der Waals surface area contributed by atoms with Gasteiger partial charge in [-0.25, -0.2) is 4.98 Å². The topological polar surface area (TPSA) is 22.1 Å². The van der Waals surface area contributed by atoms with Crippen LogP contribution in [0.15, 0.2) is 51.7 Å². The van der Waals surface area contributed by atoms with Crippen LogP contribution in [-0.4, -0.2) is 18.3 Å². The molecule has 0 spiro atoms. The Morgan fingerprint density at radius 1 is 1.19 bits per heavy atom. The van der Waals surface area contributed by atoms with E-state index in [4.69, 9.17) is 4.74 Å². The number of thioether (sulfide) groups is 2. The Bertz CT molecular complexity index is 721. The van der Waals surface area contributed by atoms with Gasteiger partial charge in [0, 0.05) is 10.6 Å². The lowest BCUT2D eigenvalue weighted by molar-refractivity contribution is 0.404. The number of aromatic nitrogens is 1. The molecule has 2 aromatic carbocycles. The lowest BCUT2D eigenvalue weighted by atomic mass is 10.2. The molecule has 0 saturated heterocycles. The lowest BCUT2D eigenvalue weighted by Crippen LogP contribution is -1.88. The van der Waals surface area contributed by atoms with Crippen LogP contribution in [0.25, 0.3) is 10.2 Å². The van der Waals surface area contributed by atoms with Gasteiger partial charge < -0.3 is 4.74 Å². The zero-order valence-corrected chi connectivity index (χ0v) is 14.3. The highest BCUT2D eigenvalue weighted by molar-refractivity contribution is 8.00. The van der Waals surface area contributed by atoms with E-state index in [0.717, 1.165) is 21.4 Å². The minimum atomic E-state index is 0.908. The molecule has 0 fully saturated rings. The van der Waals surface area contributed by atoms with E-state index in [-0.39, 0.29) is 0 Å². The van der Waals surface area contributed by atoms with Crippen LogP contribution >= 0.6 is 34.9 Å². The maximum atomic E-state index is 5.43. The zero-order chi connectivity index (χ0) is 14.7. The minimum absolute atomic E-state index is 0.908. The number of thiazole rings is 1. The SMILES string of the molecule is COc1cc(CSc2nc3ccccc3s2)ccc1SC. The molecule has 1 heterocycles. The number of rotatable bonds is 5. The van der Waals surface area contributed by atoms with Crippen molar-refractivity contribution in [3.8, 4) is 5.75 Å². The Labute approximate surface area is 136 Å². The van der Waals surface area contributed by atoms with Gasteiger partial charge in [0.2, 0.25) is 0 Å². The van der Waals surface area contributed by atoms with Gasteiger partial charge >= 0.3 is 0 Å². The third-order valence-corrected chi connectivity index (χ3v) is 6.11. The third kappa shape index (κ3) is 3.36. The van der Waals surface area contributed by atoms with Gasteiger partial charge in [-0.15, -0.1) is 23.1 Å². The van der Waals surface area contributed by atoms with Crippen LogP contribution in [0.2, 0.25) is 0 Å². The van der Waals surface area contributed by atoms with Crippen molar-refractivity contribution in [1.29, 1.82) is 0 Å². The first-order valence-corrected chi connectivity index (χ1v) is 9.52. The predicted octanol–water partition coefficient (Wildman–Crippen LogP) is 5.32. The van der Waals surface area contributed by atoms with E-state index < -0.39 is 0 Å². The summed E-state index contributed by atoms with van der Waals surface area (Å²) < 4.78 is 7.79. The standard InChI is InChI=1S/C16H15NOS3/c1-18-13-9-11(7-8-15(13)19-2)10-20-16-17-12-5-3-4-6-14(12)21-16/h3-9H,10H2,1-2H3. The molecule has 0 unspecified atom stereocenters. The van der Waals surface area contributed by atoms with Gasteiger partial charge in [0.1, 0.15) is 5.75 Å². The van der Waals surface area contributed by atoms with Crippen molar-refractivity contribution in [3.63, 3.8) is 0 Å². The summed E-state index contributed by atoms with van der Waals surface area (Å²) in [4.78, 5) is 5.82. The van der Waals surface area contributed by atoms with Crippen molar-refractivity contribution >= 4 is 45.1 Å². The molecular weight excluding hydrogens is 318 g/mol. The summed E-state index contributed by atoms with van der Waals surface area (Å²) in [6.45, 7) is 0. The number of methoxy groups -OCH3 is 1. The highest BCUT2D eigenvalue weighted by Crippen LogP contribution is 2.34. The number of ether oxygens (including phenoxy) is 1. The van der Waals surface area contributed by atoms with E-state index in [1.165, 1.54) is 15.2 Å². The second kappa shape index (κ2) is 6.73. The monoisotopic (exact) mass is 333 g/mol. The van der Waals surface area contributed by atoms with E-state index in [1.807, 2.05) is 6.07 Å². The number of hydrogen-bond donors (Lipinski definition) is 0. The van der Waals surface area contributed by atoms with E-state index in [0.29, 0.717) is 0 Å². The summed E-state index contributed by atoms with van der Waals surface area (Å²) in [5, 5.41) is 0. The maximum Gasteiger partial charge on any atom is 0.151 e. The largest absolute Gasteiger partial charge is 0.496 e. The van der Waals surface area contributed by atoms with Gasteiger partial charge in [-0.2, -0.15) is 0 Å². The van der Waals surface area contributed by atoms with Gasteiger partial charge in [-0.05, 0) is 36.1 Å². The molecule has 0 aliphatic heterocycles. The predicted molar refractivity (Wildman–Crippen MR) is 94.0 cm³/mol. The van der Waals surface area contributed by atoms with Gasteiger partial charge in [-0.1, -0.05) is 30.0 Å². The Hall–Kier alpha value is -1.17. The fraction of sp³-hybridized carbons (Fsp3) is 0.188. The number of para-hydroxylation sites is 1. The first-order chi connectivity index (χ1) is 10.3. The molecule has 0 bridgehead atoms. The molecule has 0 amide bonds. The molecule has 0 N–H and O–H groups in total. The molecule has 0 radical (unpaired) electrons. The van der Waals surface area contributed by atoms with Gasteiger partial charge in [0.15, 0.2) is 4.34 Å². The Morgan fingerprint density at radius 3 is 2.81 bits per heavy atom. The maximum absolute atomic E-state index is 5.43. The van der Waals surface area contributed by atoms with Crippen molar-refractivity contribution < 1.29 is 4.74 Å². The smallest absolute Gasteiger partial charge is 0.151 e. The van der Waals surface area contributed by atoms with Crippen LogP contribution in [0.5, 0.6) is 5.75 Å². The van der Waals surface area contributed by atoms with Crippen LogP contribution in [0.4, 0.5) is 0 Å². The van der Waals surface area contributed by atoms with Crippen LogP contribution in [0, 0.1) is 0 Å². The molecule has 3 rings (SSSR count). The molecule has 3 aromatic rings. The Kier molecular flexibility index (Phi) is 4.73. The molecule has 21 heavy (non-hydrogen) atoms. The molecule has 0 aliphatic carbocycles. The summed E-state index contributed by atoms with van der Waals surface area (Å²) in [6, 6.07) is 14.7.